The molecule has 90 valence electrons. The van der Waals surface area contributed by atoms with Gasteiger partial charge in [0.15, 0.2) is 0 Å². The molecule has 0 spiro atoms. The molecule has 1 aromatic carbocycles. The maximum Gasteiger partial charge on any atom is 0.0946 e. The van der Waals surface area contributed by atoms with E-state index < -0.39 is 0 Å². The molecule has 2 nitrogen and oxygen atoms in total. The van der Waals surface area contributed by atoms with Gasteiger partial charge in [-0.15, -0.1) is 23.4 Å². The molecule has 0 saturated heterocycles. The van der Waals surface area contributed by atoms with E-state index in [0.717, 1.165) is 17.3 Å². The van der Waals surface area contributed by atoms with Gasteiger partial charge in [-0.1, -0.05) is 11.6 Å². The van der Waals surface area contributed by atoms with Crippen molar-refractivity contribution >= 4 is 35.0 Å². The van der Waals surface area contributed by atoms with Crippen LogP contribution in [0.3, 0.4) is 0 Å². The summed E-state index contributed by atoms with van der Waals surface area (Å²) in [6.45, 7) is 0.780. The molecule has 0 bridgehead atoms. The predicted octanol–water partition coefficient (Wildman–Crippen LogP) is 3.94. The maximum atomic E-state index is 6.26. The summed E-state index contributed by atoms with van der Waals surface area (Å²) >= 11 is 13.8. The summed E-state index contributed by atoms with van der Waals surface area (Å²) in [4.78, 5) is 5.17. The third kappa shape index (κ3) is 4.26. The van der Waals surface area contributed by atoms with E-state index in [1.54, 1.807) is 24.3 Å². The SMILES string of the molecule is Clc1ccc(SCC(Cl)Cn2ccnc2)cc1. The zero-order valence-electron chi connectivity index (χ0n) is 9.09. The van der Waals surface area contributed by atoms with Crippen molar-refractivity contribution in [2.75, 3.05) is 5.75 Å². The van der Waals surface area contributed by atoms with E-state index in [4.69, 9.17) is 23.2 Å². The zero-order chi connectivity index (χ0) is 12.1. The number of alkyl halides is 1. The maximum absolute atomic E-state index is 6.26. The van der Waals surface area contributed by atoms with Gasteiger partial charge in [0, 0.05) is 34.6 Å². The second-order valence-electron chi connectivity index (χ2n) is 3.62. The number of imidazole rings is 1. The first-order valence-electron chi connectivity index (χ1n) is 5.22. The van der Waals surface area contributed by atoms with Gasteiger partial charge in [0.1, 0.15) is 0 Å². The minimum atomic E-state index is 0.0879. The molecule has 17 heavy (non-hydrogen) atoms. The van der Waals surface area contributed by atoms with Gasteiger partial charge in [-0.3, -0.25) is 0 Å². The first kappa shape index (κ1) is 12.8. The van der Waals surface area contributed by atoms with E-state index in [1.165, 1.54) is 4.90 Å². The fourth-order valence-corrected chi connectivity index (χ4v) is 2.68. The molecule has 1 aromatic heterocycles. The van der Waals surface area contributed by atoms with Crippen molar-refractivity contribution in [3.05, 3.63) is 48.0 Å². The molecule has 2 rings (SSSR count). The van der Waals surface area contributed by atoms with E-state index >= 15 is 0 Å². The van der Waals surface area contributed by atoms with Crippen LogP contribution in [0, 0.1) is 0 Å². The number of benzene rings is 1. The van der Waals surface area contributed by atoms with Crippen LogP contribution in [0.5, 0.6) is 0 Å². The second-order valence-corrected chi connectivity index (χ2v) is 5.77. The van der Waals surface area contributed by atoms with Crippen molar-refractivity contribution in [3.63, 3.8) is 0 Å². The number of hydrogen-bond donors (Lipinski definition) is 0. The molecule has 0 N–H and O–H groups in total. The lowest BCUT2D eigenvalue weighted by Gasteiger charge is -2.09. The lowest BCUT2D eigenvalue weighted by molar-refractivity contribution is 0.690. The van der Waals surface area contributed by atoms with Gasteiger partial charge in [-0.25, -0.2) is 4.98 Å². The zero-order valence-corrected chi connectivity index (χ0v) is 11.4. The smallest absolute Gasteiger partial charge is 0.0946 e. The summed E-state index contributed by atoms with van der Waals surface area (Å²) in [5, 5.41) is 0.847. The Morgan fingerprint density at radius 2 is 2.06 bits per heavy atom. The molecule has 0 saturated carbocycles. The fourth-order valence-electron chi connectivity index (χ4n) is 1.39. The third-order valence-electron chi connectivity index (χ3n) is 2.21. The van der Waals surface area contributed by atoms with Gasteiger partial charge in [-0.05, 0) is 24.3 Å². The van der Waals surface area contributed by atoms with Gasteiger partial charge < -0.3 is 4.57 Å². The molecule has 0 aliphatic carbocycles. The summed E-state index contributed by atoms with van der Waals surface area (Å²) in [6, 6.07) is 7.80. The van der Waals surface area contributed by atoms with Crippen LogP contribution in [0.1, 0.15) is 0 Å². The molecule has 0 aliphatic rings. The van der Waals surface area contributed by atoms with Crippen LogP contribution in [-0.4, -0.2) is 20.7 Å². The molecule has 1 atom stereocenters. The number of aromatic nitrogens is 2. The van der Waals surface area contributed by atoms with Crippen LogP contribution >= 0.6 is 35.0 Å². The number of rotatable bonds is 5. The fraction of sp³-hybridized carbons (Fsp3) is 0.250. The van der Waals surface area contributed by atoms with E-state index in [0.29, 0.717) is 0 Å². The standard InChI is InChI=1S/C12H12Cl2N2S/c13-10-1-3-12(4-2-10)17-8-11(14)7-16-6-5-15-9-16/h1-6,9,11H,7-8H2. The summed E-state index contributed by atoms with van der Waals surface area (Å²) in [7, 11) is 0. The highest BCUT2D eigenvalue weighted by molar-refractivity contribution is 7.99. The molecule has 2 aromatic rings. The quantitative estimate of drug-likeness (QED) is 0.612. The third-order valence-corrected chi connectivity index (χ3v) is 4.11. The number of halogens is 2. The van der Waals surface area contributed by atoms with Crippen LogP contribution in [0.25, 0.3) is 0 Å². The van der Waals surface area contributed by atoms with E-state index in [2.05, 4.69) is 4.98 Å². The molecule has 0 radical (unpaired) electrons. The lowest BCUT2D eigenvalue weighted by Crippen LogP contribution is -2.11. The van der Waals surface area contributed by atoms with Gasteiger partial charge in [0.05, 0.1) is 11.7 Å². The minimum Gasteiger partial charge on any atom is -0.336 e. The molecule has 5 heteroatoms. The molecule has 1 unspecified atom stereocenters. The Hall–Kier alpha value is -0.640. The van der Waals surface area contributed by atoms with E-state index in [1.807, 2.05) is 35.0 Å². The monoisotopic (exact) mass is 286 g/mol. The number of thioether (sulfide) groups is 1. The second kappa shape index (κ2) is 6.34. The Morgan fingerprint density at radius 3 is 2.71 bits per heavy atom. The Labute approximate surface area is 115 Å². The van der Waals surface area contributed by atoms with E-state index in [-0.39, 0.29) is 5.38 Å². The number of hydrogen-bond acceptors (Lipinski definition) is 2. The highest BCUT2D eigenvalue weighted by Gasteiger charge is 2.06. The van der Waals surface area contributed by atoms with Gasteiger partial charge in [-0.2, -0.15) is 0 Å². The van der Waals surface area contributed by atoms with Crippen LogP contribution in [-0.2, 0) is 6.54 Å². The molecular formula is C12H12Cl2N2S. The number of nitrogens with zero attached hydrogens (tertiary/aromatic N) is 2. The van der Waals surface area contributed by atoms with Gasteiger partial charge in [0.2, 0.25) is 0 Å². The van der Waals surface area contributed by atoms with Crippen molar-refractivity contribution < 1.29 is 0 Å². The van der Waals surface area contributed by atoms with Crippen LogP contribution in [0.2, 0.25) is 5.02 Å². The Balaban J connectivity index is 1.79. The van der Waals surface area contributed by atoms with Crippen molar-refractivity contribution in [2.45, 2.75) is 16.8 Å². The van der Waals surface area contributed by atoms with Crippen LogP contribution < -0.4 is 0 Å². The lowest BCUT2D eigenvalue weighted by atomic mass is 10.4. The molecular weight excluding hydrogens is 275 g/mol. The average Bonchev–Trinajstić information content (AvgIpc) is 2.81. The first-order chi connectivity index (χ1) is 8.24. The van der Waals surface area contributed by atoms with Crippen LogP contribution in [0.4, 0.5) is 0 Å². The minimum absolute atomic E-state index is 0.0879. The molecule has 0 fully saturated rings. The Morgan fingerprint density at radius 1 is 1.29 bits per heavy atom. The topological polar surface area (TPSA) is 17.8 Å². The van der Waals surface area contributed by atoms with Crippen molar-refractivity contribution in [2.24, 2.45) is 0 Å². The van der Waals surface area contributed by atoms with E-state index in [9.17, 15) is 0 Å². The van der Waals surface area contributed by atoms with Crippen molar-refractivity contribution in [3.8, 4) is 0 Å². The summed E-state index contributed by atoms with van der Waals surface area (Å²) in [6.07, 6.45) is 5.46. The molecule has 0 amide bonds. The molecule has 0 aliphatic heterocycles. The highest BCUT2D eigenvalue weighted by Crippen LogP contribution is 2.22. The van der Waals surface area contributed by atoms with Crippen molar-refractivity contribution in [1.29, 1.82) is 0 Å². The summed E-state index contributed by atoms with van der Waals surface area (Å²) in [5.41, 5.74) is 0. The van der Waals surface area contributed by atoms with Crippen molar-refractivity contribution in [1.82, 2.24) is 9.55 Å². The van der Waals surface area contributed by atoms with Gasteiger partial charge in [0.25, 0.3) is 0 Å². The van der Waals surface area contributed by atoms with Gasteiger partial charge >= 0.3 is 0 Å². The average molecular weight is 287 g/mol. The molecule has 1 heterocycles. The Bertz CT molecular complexity index is 442. The normalized spacial score (nSPS) is 12.6. The summed E-state index contributed by atoms with van der Waals surface area (Å²) < 4.78 is 1.99. The predicted molar refractivity (Wildman–Crippen MR) is 74.0 cm³/mol. The van der Waals surface area contributed by atoms with Crippen LogP contribution in [0.15, 0.2) is 47.9 Å². The Kier molecular flexibility index (Phi) is 4.77. The first-order valence-corrected chi connectivity index (χ1v) is 7.02. The summed E-state index contributed by atoms with van der Waals surface area (Å²) in [5.74, 6) is 0.862. The largest absolute Gasteiger partial charge is 0.336 e. The highest BCUT2D eigenvalue weighted by atomic mass is 35.5.